The van der Waals surface area contributed by atoms with Gasteiger partial charge < -0.3 is 19.8 Å². The van der Waals surface area contributed by atoms with Crippen molar-refractivity contribution in [3.8, 4) is 0 Å². The first-order valence-corrected chi connectivity index (χ1v) is 38.9. The molecule has 0 heterocycles. The van der Waals surface area contributed by atoms with E-state index >= 15 is 0 Å². The molecule has 3 atom stereocenters. The molecule has 0 aliphatic carbocycles. The standard InChI is InChI=1S/C75H147N2O6P/c1-6-8-10-12-14-16-18-20-22-24-26-28-30-31-32-33-34-35-36-37-38-39-40-41-42-43-44-45-47-49-51-53-55-57-59-61-63-65-67-69-75(79)76-73(72-83-84(80,81)82-71-70-77(3,4)5)74(78)68-66-64-62-60-58-56-54-52-50-48-46-29-27-25-23-21-19-17-15-13-11-9-7-2/h24,26,58,60,66,68,73-74,78H,6-23,25,27-57,59,61-65,67,69-72H2,1-5H3,(H-,76,79,80,81)/p+1/b26-24-,60-58+,68-66+. The first kappa shape index (κ1) is 82.7. The second-order valence-corrected chi connectivity index (χ2v) is 28.5. The van der Waals surface area contributed by atoms with Crippen molar-refractivity contribution in [1.29, 1.82) is 0 Å². The van der Waals surface area contributed by atoms with Crippen LogP contribution in [0.4, 0.5) is 0 Å². The van der Waals surface area contributed by atoms with Crippen LogP contribution in [0, 0.1) is 0 Å². The fourth-order valence-corrected chi connectivity index (χ4v) is 12.3. The summed E-state index contributed by atoms with van der Waals surface area (Å²) in [6.45, 7) is 4.85. The monoisotopic (exact) mass is 1200 g/mol. The van der Waals surface area contributed by atoms with Crippen molar-refractivity contribution < 1.29 is 32.9 Å². The topological polar surface area (TPSA) is 105 Å². The van der Waals surface area contributed by atoms with Crippen LogP contribution in [-0.4, -0.2) is 73.4 Å². The molecular formula is C75H148N2O6P+. The Labute approximate surface area is 525 Å². The van der Waals surface area contributed by atoms with Gasteiger partial charge in [-0.05, 0) is 57.8 Å². The molecule has 84 heavy (non-hydrogen) atoms. The number of allylic oxidation sites excluding steroid dienone is 5. The summed E-state index contributed by atoms with van der Waals surface area (Å²) in [5.74, 6) is -0.178. The second-order valence-electron chi connectivity index (χ2n) is 27.0. The number of hydrogen-bond donors (Lipinski definition) is 3. The minimum atomic E-state index is -4.36. The first-order chi connectivity index (χ1) is 41.0. The van der Waals surface area contributed by atoms with Crippen molar-refractivity contribution in [2.45, 2.75) is 398 Å². The molecule has 0 saturated carbocycles. The van der Waals surface area contributed by atoms with Gasteiger partial charge in [-0.3, -0.25) is 13.8 Å². The average molecular weight is 1200 g/mol. The highest BCUT2D eigenvalue weighted by Crippen LogP contribution is 2.43. The number of phosphoric acid groups is 1. The smallest absolute Gasteiger partial charge is 0.387 e. The van der Waals surface area contributed by atoms with Gasteiger partial charge in [0.05, 0.1) is 39.9 Å². The molecule has 3 N–H and O–H groups in total. The summed E-state index contributed by atoms with van der Waals surface area (Å²) in [4.78, 5) is 23.4. The van der Waals surface area contributed by atoms with Gasteiger partial charge >= 0.3 is 7.82 Å². The van der Waals surface area contributed by atoms with E-state index in [0.29, 0.717) is 17.4 Å². The number of phosphoric ester groups is 1. The number of likely N-dealkylation sites (N-methyl/N-ethyl adjacent to an activating group) is 1. The number of aliphatic hydroxyl groups is 1. The Kier molecular flexibility index (Phi) is 65.1. The zero-order chi connectivity index (χ0) is 61.2. The Balaban J connectivity index is 3.95. The molecule has 0 aromatic carbocycles. The molecule has 0 spiro atoms. The Hall–Kier alpha value is -1.28. The van der Waals surface area contributed by atoms with E-state index in [1.165, 1.54) is 327 Å². The Morgan fingerprint density at radius 3 is 0.952 bits per heavy atom. The molecule has 0 aliphatic heterocycles. The number of quaternary nitrogens is 1. The number of amides is 1. The van der Waals surface area contributed by atoms with E-state index in [1.807, 2.05) is 27.2 Å². The fourth-order valence-electron chi connectivity index (χ4n) is 11.5. The van der Waals surface area contributed by atoms with Crippen molar-refractivity contribution >= 4 is 13.7 Å². The van der Waals surface area contributed by atoms with E-state index in [9.17, 15) is 19.4 Å². The predicted octanol–water partition coefficient (Wildman–Crippen LogP) is 24.0. The van der Waals surface area contributed by atoms with Crippen LogP contribution in [0.1, 0.15) is 386 Å². The molecule has 3 unspecified atom stereocenters. The third kappa shape index (κ3) is 68.2. The summed E-state index contributed by atoms with van der Waals surface area (Å²) in [7, 11) is 1.57. The number of nitrogens with zero attached hydrogens (tertiary/aromatic N) is 1. The predicted molar refractivity (Wildman–Crippen MR) is 369 cm³/mol. The van der Waals surface area contributed by atoms with Gasteiger partial charge in [-0.2, -0.15) is 0 Å². The van der Waals surface area contributed by atoms with Crippen molar-refractivity contribution in [1.82, 2.24) is 5.32 Å². The maximum Gasteiger partial charge on any atom is 0.472 e. The van der Waals surface area contributed by atoms with Gasteiger partial charge in [0.15, 0.2) is 0 Å². The SMILES string of the molecule is CCCCCCCCCC/C=C\CCCCCCCCCCCCCCCCCCCCCCCCCCCCCC(=O)NC(COP(=O)(O)OCC[N+](C)(C)C)C(O)/C=C/CC/C=C/CCCCCCCCCCCCCCCCCCC. The highest BCUT2D eigenvalue weighted by molar-refractivity contribution is 7.47. The first-order valence-electron chi connectivity index (χ1n) is 37.4. The molecule has 0 rings (SSSR count). The third-order valence-corrected chi connectivity index (χ3v) is 18.3. The van der Waals surface area contributed by atoms with Gasteiger partial charge in [-0.25, -0.2) is 4.57 Å². The molecule has 0 radical (unpaired) electrons. The number of nitrogens with one attached hydrogen (secondary N) is 1. The number of hydrogen-bond acceptors (Lipinski definition) is 5. The van der Waals surface area contributed by atoms with E-state index in [-0.39, 0.29) is 19.1 Å². The highest BCUT2D eigenvalue weighted by Gasteiger charge is 2.28. The fraction of sp³-hybridized carbons (Fsp3) is 0.907. The molecule has 0 fully saturated rings. The minimum absolute atomic E-state index is 0.0584. The summed E-state index contributed by atoms with van der Waals surface area (Å²) >= 11 is 0. The van der Waals surface area contributed by atoms with Gasteiger partial charge in [-0.1, -0.05) is 359 Å². The molecule has 0 aromatic rings. The zero-order valence-electron chi connectivity index (χ0n) is 57.2. The van der Waals surface area contributed by atoms with Crippen molar-refractivity contribution in [2.75, 3.05) is 40.9 Å². The van der Waals surface area contributed by atoms with Crippen LogP contribution in [0.5, 0.6) is 0 Å². The third-order valence-electron chi connectivity index (χ3n) is 17.3. The van der Waals surface area contributed by atoms with E-state index < -0.39 is 20.0 Å². The molecule has 0 saturated heterocycles. The summed E-state index contributed by atoms with van der Waals surface area (Å²) in [5.41, 5.74) is 0. The molecule has 498 valence electrons. The number of carbonyl (C=O) groups is 1. The maximum atomic E-state index is 13.1. The zero-order valence-corrected chi connectivity index (χ0v) is 58.1. The number of aliphatic hydroxyl groups excluding tert-OH is 1. The van der Waals surface area contributed by atoms with Crippen molar-refractivity contribution in [2.24, 2.45) is 0 Å². The van der Waals surface area contributed by atoms with Crippen LogP contribution in [0.3, 0.4) is 0 Å². The lowest BCUT2D eigenvalue weighted by Crippen LogP contribution is -2.45. The lowest BCUT2D eigenvalue weighted by atomic mass is 10.0. The lowest BCUT2D eigenvalue weighted by Gasteiger charge is -2.25. The largest absolute Gasteiger partial charge is 0.472 e. The Morgan fingerprint density at radius 1 is 0.393 bits per heavy atom. The molecule has 0 aliphatic rings. The van der Waals surface area contributed by atoms with Crippen LogP contribution in [-0.2, 0) is 18.4 Å². The summed E-state index contributed by atoms with van der Waals surface area (Å²) in [6, 6.07) is -0.863. The van der Waals surface area contributed by atoms with E-state index in [0.717, 1.165) is 38.5 Å². The van der Waals surface area contributed by atoms with Crippen molar-refractivity contribution in [3.05, 3.63) is 36.5 Å². The highest BCUT2D eigenvalue weighted by atomic mass is 31.2. The lowest BCUT2D eigenvalue weighted by molar-refractivity contribution is -0.870. The maximum absolute atomic E-state index is 13.1. The van der Waals surface area contributed by atoms with Gasteiger partial charge in [0.25, 0.3) is 0 Å². The van der Waals surface area contributed by atoms with Crippen LogP contribution in [0.2, 0.25) is 0 Å². The van der Waals surface area contributed by atoms with Crippen LogP contribution < -0.4 is 5.32 Å². The van der Waals surface area contributed by atoms with E-state index in [2.05, 4.69) is 43.5 Å². The Bertz CT molecular complexity index is 1460. The van der Waals surface area contributed by atoms with E-state index in [1.54, 1.807) is 6.08 Å². The Morgan fingerprint density at radius 2 is 0.655 bits per heavy atom. The molecule has 0 bridgehead atoms. The summed E-state index contributed by atoms with van der Waals surface area (Å²) < 4.78 is 23.8. The quantitative estimate of drug-likeness (QED) is 0.0243. The molecule has 0 aromatic heterocycles. The van der Waals surface area contributed by atoms with Crippen LogP contribution >= 0.6 is 7.82 Å². The number of rotatable bonds is 70. The number of carbonyl (C=O) groups excluding carboxylic acids is 1. The molecular weight excluding hydrogens is 1060 g/mol. The summed E-state index contributed by atoms with van der Waals surface area (Å²) in [5, 5.41) is 14.0. The summed E-state index contributed by atoms with van der Waals surface area (Å²) in [6.07, 6.45) is 89.0. The molecule has 8 nitrogen and oxygen atoms in total. The van der Waals surface area contributed by atoms with E-state index in [4.69, 9.17) is 9.05 Å². The van der Waals surface area contributed by atoms with Crippen LogP contribution in [0.25, 0.3) is 0 Å². The van der Waals surface area contributed by atoms with Crippen LogP contribution in [0.15, 0.2) is 36.5 Å². The molecule has 1 amide bonds. The number of unbranched alkanes of at least 4 members (excludes halogenated alkanes) is 53. The second kappa shape index (κ2) is 66.1. The molecule has 9 heteroatoms. The van der Waals surface area contributed by atoms with Gasteiger partial charge in [0, 0.05) is 6.42 Å². The van der Waals surface area contributed by atoms with Gasteiger partial charge in [-0.15, -0.1) is 0 Å². The normalized spacial score (nSPS) is 13.8. The average Bonchev–Trinajstić information content (AvgIpc) is 3.56. The minimum Gasteiger partial charge on any atom is -0.387 e. The van der Waals surface area contributed by atoms with Crippen molar-refractivity contribution in [3.63, 3.8) is 0 Å². The van der Waals surface area contributed by atoms with Gasteiger partial charge in [0.1, 0.15) is 13.2 Å². The van der Waals surface area contributed by atoms with Gasteiger partial charge in [0.2, 0.25) is 5.91 Å².